The zero-order chi connectivity index (χ0) is 15.2. The number of ether oxygens (including phenoxy) is 1. The molecule has 0 spiro atoms. The van der Waals surface area contributed by atoms with Crippen molar-refractivity contribution in [2.75, 3.05) is 25.1 Å². The second kappa shape index (κ2) is 7.41. The third-order valence-corrected chi connectivity index (χ3v) is 3.72. The Bertz CT molecular complexity index is 442. The highest BCUT2D eigenvalue weighted by atomic mass is 16.5. The molecule has 0 aliphatic carbocycles. The van der Waals surface area contributed by atoms with Crippen molar-refractivity contribution in [2.24, 2.45) is 5.73 Å². The zero-order valence-electron chi connectivity index (χ0n) is 13.0. The molecule has 1 aromatic rings. The van der Waals surface area contributed by atoms with Crippen molar-refractivity contribution in [3.8, 4) is 0 Å². The van der Waals surface area contributed by atoms with Gasteiger partial charge >= 0.3 is 0 Å². The van der Waals surface area contributed by atoms with Crippen LogP contribution in [0, 0.1) is 6.92 Å². The summed E-state index contributed by atoms with van der Waals surface area (Å²) < 4.78 is 5.44. The second-order valence-electron chi connectivity index (χ2n) is 5.23. The summed E-state index contributed by atoms with van der Waals surface area (Å²) in [4.78, 5) is 14.6. The molecule has 4 nitrogen and oxygen atoms in total. The van der Waals surface area contributed by atoms with Crippen LogP contribution in [-0.2, 0) is 9.53 Å². The van der Waals surface area contributed by atoms with Crippen LogP contribution in [0.4, 0.5) is 5.69 Å². The molecule has 4 heteroatoms. The molecule has 1 amide bonds. The smallest absolute Gasteiger partial charge is 0.258 e. The normalized spacial score (nSPS) is 13.8. The summed E-state index contributed by atoms with van der Waals surface area (Å²) in [7, 11) is 1.58. The number of hydrogen-bond acceptors (Lipinski definition) is 3. The minimum absolute atomic E-state index is 0.0125. The monoisotopic (exact) mass is 278 g/mol. The highest BCUT2D eigenvalue weighted by Crippen LogP contribution is 2.24. The van der Waals surface area contributed by atoms with Crippen molar-refractivity contribution in [2.45, 2.75) is 39.2 Å². The Balaban J connectivity index is 3.09. The predicted octanol–water partition coefficient (Wildman–Crippen LogP) is 2.49. The van der Waals surface area contributed by atoms with Crippen LogP contribution in [0.25, 0.3) is 0 Å². The molecule has 0 saturated heterocycles. The minimum Gasteiger partial charge on any atom is -0.369 e. The maximum absolute atomic E-state index is 12.8. The van der Waals surface area contributed by atoms with Crippen LogP contribution in [0.1, 0.15) is 32.3 Å². The van der Waals surface area contributed by atoms with Crippen molar-refractivity contribution >= 4 is 11.6 Å². The quantitative estimate of drug-likeness (QED) is 0.833. The van der Waals surface area contributed by atoms with Gasteiger partial charge in [-0.05, 0) is 50.9 Å². The first-order valence-electron chi connectivity index (χ1n) is 7.12. The van der Waals surface area contributed by atoms with Crippen LogP contribution in [-0.4, -0.2) is 31.7 Å². The van der Waals surface area contributed by atoms with Crippen LogP contribution in [0.5, 0.6) is 0 Å². The van der Waals surface area contributed by atoms with Gasteiger partial charge in [0, 0.05) is 19.3 Å². The number of nitrogens with two attached hydrogens (primary N) is 1. The number of carbonyl (C=O) groups excluding carboxylic acids is 1. The molecule has 0 aromatic heterocycles. The number of rotatable bonds is 7. The Hall–Kier alpha value is -1.39. The van der Waals surface area contributed by atoms with E-state index in [9.17, 15) is 4.79 Å². The standard InChI is InChI=1S/C16H26N2O2/c1-5-16(3,20-4)15(19)18(11-7-10-17)14-9-6-8-13(2)12-14/h6,8-9,12H,5,7,10-11,17H2,1-4H3. The maximum atomic E-state index is 12.8. The van der Waals surface area contributed by atoms with Crippen molar-refractivity contribution < 1.29 is 9.53 Å². The van der Waals surface area contributed by atoms with Gasteiger partial charge in [0.25, 0.3) is 5.91 Å². The highest BCUT2D eigenvalue weighted by Gasteiger charge is 2.35. The van der Waals surface area contributed by atoms with E-state index in [2.05, 4.69) is 0 Å². The lowest BCUT2D eigenvalue weighted by Crippen LogP contribution is -2.49. The van der Waals surface area contributed by atoms with E-state index >= 15 is 0 Å². The van der Waals surface area contributed by atoms with E-state index in [4.69, 9.17) is 10.5 Å². The Labute approximate surface area is 121 Å². The third-order valence-electron chi connectivity index (χ3n) is 3.72. The van der Waals surface area contributed by atoms with Crippen LogP contribution in [0.15, 0.2) is 24.3 Å². The van der Waals surface area contributed by atoms with Gasteiger partial charge in [0.15, 0.2) is 0 Å². The molecule has 0 aliphatic rings. The topological polar surface area (TPSA) is 55.6 Å². The van der Waals surface area contributed by atoms with Crippen molar-refractivity contribution in [3.63, 3.8) is 0 Å². The Morgan fingerprint density at radius 2 is 2.15 bits per heavy atom. The second-order valence-corrected chi connectivity index (χ2v) is 5.23. The van der Waals surface area contributed by atoms with Crippen LogP contribution in [0.3, 0.4) is 0 Å². The molecule has 0 bridgehead atoms. The lowest BCUT2D eigenvalue weighted by Gasteiger charge is -2.33. The van der Waals surface area contributed by atoms with E-state index < -0.39 is 5.60 Å². The number of benzene rings is 1. The average Bonchev–Trinajstić information content (AvgIpc) is 2.46. The lowest BCUT2D eigenvalue weighted by atomic mass is 10.0. The van der Waals surface area contributed by atoms with Crippen LogP contribution >= 0.6 is 0 Å². The van der Waals surface area contributed by atoms with Crippen LogP contribution < -0.4 is 10.6 Å². The van der Waals surface area contributed by atoms with Gasteiger partial charge in [0.2, 0.25) is 0 Å². The van der Waals surface area contributed by atoms with E-state index in [0.29, 0.717) is 19.5 Å². The summed E-state index contributed by atoms with van der Waals surface area (Å²) in [6.07, 6.45) is 1.40. The molecular formula is C16H26N2O2. The van der Waals surface area contributed by atoms with Crippen molar-refractivity contribution in [3.05, 3.63) is 29.8 Å². The first-order chi connectivity index (χ1) is 9.48. The first-order valence-corrected chi connectivity index (χ1v) is 7.12. The van der Waals surface area contributed by atoms with E-state index in [0.717, 1.165) is 17.7 Å². The van der Waals surface area contributed by atoms with E-state index in [1.165, 1.54) is 0 Å². The molecule has 0 heterocycles. The zero-order valence-corrected chi connectivity index (χ0v) is 13.0. The summed E-state index contributed by atoms with van der Waals surface area (Å²) in [6, 6.07) is 7.95. The number of carbonyl (C=O) groups is 1. The molecule has 1 rings (SSSR count). The summed E-state index contributed by atoms with van der Waals surface area (Å²) in [5.74, 6) is -0.0125. The molecule has 2 N–H and O–H groups in total. The van der Waals surface area contributed by atoms with Gasteiger partial charge in [-0.15, -0.1) is 0 Å². The first kappa shape index (κ1) is 16.7. The predicted molar refractivity (Wildman–Crippen MR) is 82.9 cm³/mol. The SMILES string of the molecule is CCC(C)(OC)C(=O)N(CCCN)c1cccc(C)c1. The molecule has 112 valence electrons. The largest absolute Gasteiger partial charge is 0.369 e. The number of aryl methyl sites for hydroxylation is 1. The summed E-state index contributed by atoms with van der Waals surface area (Å²) >= 11 is 0. The maximum Gasteiger partial charge on any atom is 0.258 e. The number of anilines is 1. The number of amides is 1. The fraction of sp³-hybridized carbons (Fsp3) is 0.562. The fourth-order valence-corrected chi connectivity index (χ4v) is 2.06. The van der Waals surface area contributed by atoms with Gasteiger partial charge in [-0.1, -0.05) is 19.1 Å². The van der Waals surface area contributed by atoms with Gasteiger partial charge in [-0.3, -0.25) is 4.79 Å². The Morgan fingerprint density at radius 3 is 2.65 bits per heavy atom. The van der Waals surface area contributed by atoms with E-state index in [1.54, 1.807) is 12.0 Å². The molecule has 20 heavy (non-hydrogen) atoms. The van der Waals surface area contributed by atoms with E-state index in [-0.39, 0.29) is 5.91 Å². The molecule has 0 saturated carbocycles. The Kier molecular flexibility index (Phi) is 6.17. The number of hydrogen-bond donors (Lipinski definition) is 1. The van der Waals surface area contributed by atoms with Gasteiger partial charge < -0.3 is 15.4 Å². The van der Waals surface area contributed by atoms with Crippen molar-refractivity contribution in [1.82, 2.24) is 0 Å². The fourth-order valence-electron chi connectivity index (χ4n) is 2.06. The highest BCUT2D eigenvalue weighted by molar-refractivity contribution is 5.99. The number of methoxy groups -OCH3 is 1. The summed E-state index contributed by atoms with van der Waals surface area (Å²) in [5, 5.41) is 0. The molecular weight excluding hydrogens is 252 g/mol. The third kappa shape index (κ3) is 3.81. The van der Waals surface area contributed by atoms with Gasteiger partial charge in [0.1, 0.15) is 5.60 Å². The summed E-state index contributed by atoms with van der Waals surface area (Å²) in [6.45, 7) is 6.98. The molecule has 1 unspecified atom stereocenters. The van der Waals surface area contributed by atoms with Crippen LogP contribution in [0.2, 0.25) is 0 Å². The molecule has 0 fully saturated rings. The Morgan fingerprint density at radius 1 is 1.45 bits per heavy atom. The van der Waals surface area contributed by atoms with Gasteiger partial charge in [-0.2, -0.15) is 0 Å². The number of nitrogens with zero attached hydrogens (tertiary/aromatic N) is 1. The van der Waals surface area contributed by atoms with E-state index in [1.807, 2.05) is 45.0 Å². The van der Waals surface area contributed by atoms with Crippen molar-refractivity contribution in [1.29, 1.82) is 0 Å². The summed E-state index contributed by atoms with van der Waals surface area (Å²) in [5.41, 5.74) is 6.83. The molecule has 0 radical (unpaired) electrons. The molecule has 0 aliphatic heterocycles. The molecule has 1 atom stereocenters. The average molecular weight is 278 g/mol. The molecule has 1 aromatic carbocycles. The van der Waals surface area contributed by atoms with Gasteiger partial charge in [-0.25, -0.2) is 0 Å². The van der Waals surface area contributed by atoms with Gasteiger partial charge in [0.05, 0.1) is 0 Å². The lowest BCUT2D eigenvalue weighted by molar-refractivity contribution is -0.138. The minimum atomic E-state index is -0.793.